The molecule has 0 fully saturated rings. The van der Waals surface area contributed by atoms with Gasteiger partial charge >= 0.3 is 0 Å². The first kappa shape index (κ1) is 16.8. The topological polar surface area (TPSA) is 81.9 Å². The molecule has 0 unspecified atom stereocenters. The van der Waals surface area contributed by atoms with Crippen molar-refractivity contribution < 1.29 is 19.1 Å². The first-order chi connectivity index (χ1) is 9.90. The molecule has 1 rings (SSSR count). The number of ether oxygens (including phenoxy) is 2. The van der Waals surface area contributed by atoms with Crippen LogP contribution in [0.2, 0.25) is 0 Å². The predicted octanol–water partition coefficient (Wildman–Crippen LogP) is 0.784. The Hall–Kier alpha value is -2.24. The SMILES string of the molecule is COc1ccc(CCN(C)C(=O)[C](C)C(N)=O)cc1OC. The number of hydrogen-bond acceptors (Lipinski definition) is 4. The van der Waals surface area contributed by atoms with Gasteiger partial charge in [0.15, 0.2) is 11.5 Å². The van der Waals surface area contributed by atoms with Crippen LogP contribution in [0.1, 0.15) is 12.5 Å². The highest BCUT2D eigenvalue weighted by Crippen LogP contribution is 2.27. The van der Waals surface area contributed by atoms with Gasteiger partial charge in [0.25, 0.3) is 0 Å². The molecule has 1 aromatic rings. The standard InChI is InChI=1S/C15H21N2O4/c1-10(14(16)18)15(19)17(2)8-7-11-5-6-12(20-3)13(9-11)21-4/h5-6,9H,7-8H2,1-4H3,(H2,16,18). The van der Waals surface area contributed by atoms with Gasteiger partial charge in [0.2, 0.25) is 11.8 Å². The van der Waals surface area contributed by atoms with Crippen molar-refractivity contribution in [1.29, 1.82) is 0 Å². The molecule has 0 saturated carbocycles. The first-order valence-corrected chi connectivity index (χ1v) is 6.50. The predicted molar refractivity (Wildman–Crippen MR) is 79.0 cm³/mol. The molecule has 0 aromatic heterocycles. The number of benzene rings is 1. The molecule has 0 aliphatic carbocycles. The van der Waals surface area contributed by atoms with Crippen LogP contribution in [-0.4, -0.2) is 44.5 Å². The minimum absolute atomic E-state index is 0.0322. The lowest BCUT2D eigenvalue weighted by molar-refractivity contribution is -0.131. The average molecular weight is 293 g/mol. The van der Waals surface area contributed by atoms with Crippen LogP contribution in [-0.2, 0) is 16.0 Å². The largest absolute Gasteiger partial charge is 0.493 e. The molecule has 6 heteroatoms. The monoisotopic (exact) mass is 293 g/mol. The van der Waals surface area contributed by atoms with Crippen molar-refractivity contribution in [3.63, 3.8) is 0 Å². The van der Waals surface area contributed by atoms with Crippen molar-refractivity contribution in [2.45, 2.75) is 13.3 Å². The van der Waals surface area contributed by atoms with Gasteiger partial charge in [-0.05, 0) is 31.0 Å². The number of carbonyl (C=O) groups excluding carboxylic acids is 2. The Morgan fingerprint density at radius 3 is 2.33 bits per heavy atom. The number of likely N-dealkylation sites (N-methyl/N-ethyl adjacent to an activating group) is 1. The molecule has 0 heterocycles. The van der Waals surface area contributed by atoms with Gasteiger partial charge in [-0.1, -0.05) is 6.07 Å². The number of methoxy groups -OCH3 is 2. The van der Waals surface area contributed by atoms with Gasteiger partial charge in [0, 0.05) is 13.6 Å². The van der Waals surface area contributed by atoms with Gasteiger partial charge in [-0.25, -0.2) is 0 Å². The summed E-state index contributed by atoms with van der Waals surface area (Å²) >= 11 is 0. The van der Waals surface area contributed by atoms with Gasteiger partial charge in [0.05, 0.1) is 14.2 Å². The number of nitrogens with zero attached hydrogens (tertiary/aromatic N) is 1. The normalized spacial score (nSPS) is 10.3. The van der Waals surface area contributed by atoms with Crippen LogP contribution in [0.3, 0.4) is 0 Å². The number of primary amides is 1. The van der Waals surface area contributed by atoms with E-state index in [0.717, 1.165) is 5.56 Å². The summed E-state index contributed by atoms with van der Waals surface area (Å²) in [4.78, 5) is 24.3. The highest BCUT2D eigenvalue weighted by atomic mass is 16.5. The molecule has 6 nitrogen and oxygen atoms in total. The molecule has 0 atom stereocenters. The summed E-state index contributed by atoms with van der Waals surface area (Å²) in [5.74, 6) is 0.276. The smallest absolute Gasteiger partial charge is 0.239 e. The maximum Gasteiger partial charge on any atom is 0.239 e. The second-order valence-corrected chi connectivity index (χ2v) is 4.66. The Morgan fingerprint density at radius 2 is 1.81 bits per heavy atom. The number of nitrogens with two attached hydrogens (primary N) is 1. The van der Waals surface area contributed by atoms with E-state index >= 15 is 0 Å². The number of rotatable bonds is 7. The van der Waals surface area contributed by atoms with E-state index in [0.29, 0.717) is 24.5 Å². The number of amides is 2. The van der Waals surface area contributed by atoms with Crippen LogP contribution < -0.4 is 15.2 Å². The van der Waals surface area contributed by atoms with Crippen molar-refractivity contribution in [2.24, 2.45) is 5.73 Å². The molecular formula is C15H21N2O4. The maximum atomic E-state index is 11.9. The zero-order chi connectivity index (χ0) is 16.0. The van der Waals surface area contributed by atoms with E-state index in [1.54, 1.807) is 21.3 Å². The molecule has 2 N–H and O–H groups in total. The molecule has 1 aromatic carbocycles. The van der Waals surface area contributed by atoms with Gasteiger partial charge < -0.3 is 20.1 Å². The van der Waals surface area contributed by atoms with Crippen LogP contribution in [0.25, 0.3) is 0 Å². The van der Waals surface area contributed by atoms with Crippen molar-refractivity contribution in [3.05, 3.63) is 29.7 Å². The van der Waals surface area contributed by atoms with Crippen molar-refractivity contribution in [2.75, 3.05) is 27.8 Å². The third-order valence-electron chi connectivity index (χ3n) is 3.22. The third kappa shape index (κ3) is 4.37. The quantitative estimate of drug-likeness (QED) is 0.753. The number of hydrogen-bond donors (Lipinski definition) is 1. The van der Waals surface area contributed by atoms with E-state index in [4.69, 9.17) is 15.2 Å². The summed E-state index contributed by atoms with van der Waals surface area (Å²) in [5.41, 5.74) is 6.10. The van der Waals surface area contributed by atoms with Crippen LogP contribution in [0.15, 0.2) is 18.2 Å². The molecule has 0 aliphatic rings. The highest BCUT2D eigenvalue weighted by molar-refractivity contribution is 6.13. The fraction of sp³-hybridized carbons (Fsp3) is 0.400. The van der Waals surface area contributed by atoms with Gasteiger partial charge in [-0.3, -0.25) is 9.59 Å². The fourth-order valence-electron chi connectivity index (χ4n) is 1.83. The van der Waals surface area contributed by atoms with E-state index in [9.17, 15) is 9.59 Å². The van der Waals surface area contributed by atoms with E-state index in [1.807, 2.05) is 18.2 Å². The maximum absolute atomic E-state index is 11.9. The molecule has 0 aliphatic heterocycles. The molecule has 0 bridgehead atoms. The van der Waals surface area contributed by atoms with Gasteiger partial charge in [-0.15, -0.1) is 0 Å². The Labute approximate surface area is 124 Å². The van der Waals surface area contributed by atoms with Crippen molar-refractivity contribution in [1.82, 2.24) is 4.90 Å². The molecule has 115 valence electrons. The van der Waals surface area contributed by atoms with Gasteiger partial charge in [-0.2, -0.15) is 0 Å². The minimum Gasteiger partial charge on any atom is -0.493 e. The number of carbonyl (C=O) groups is 2. The summed E-state index contributed by atoms with van der Waals surface area (Å²) in [6.45, 7) is 1.90. The Balaban J connectivity index is 2.67. The van der Waals surface area contributed by atoms with E-state index in [1.165, 1.54) is 11.8 Å². The molecule has 21 heavy (non-hydrogen) atoms. The molecular weight excluding hydrogens is 272 g/mol. The first-order valence-electron chi connectivity index (χ1n) is 6.50. The summed E-state index contributed by atoms with van der Waals surface area (Å²) < 4.78 is 10.4. The fourth-order valence-corrected chi connectivity index (χ4v) is 1.83. The molecule has 2 amide bonds. The van der Waals surface area contributed by atoms with Crippen molar-refractivity contribution >= 4 is 11.8 Å². The van der Waals surface area contributed by atoms with Crippen molar-refractivity contribution in [3.8, 4) is 11.5 Å². The molecule has 0 spiro atoms. The van der Waals surface area contributed by atoms with Crippen LogP contribution in [0, 0.1) is 5.92 Å². The van der Waals surface area contributed by atoms with Crippen LogP contribution in [0.4, 0.5) is 0 Å². The van der Waals surface area contributed by atoms with E-state index in [-0.39, 0.29) is 11.8 Å². The third-order valence-corrected chi connectivity index (χ3v) is 3.22. The lowest BCUT2D eigenvalue weighted by Crippen LogP contribution is -2.37. The molecule has 1 radical (unpaired) electrons. The zero-order valence-electron chi connectivity index (χ0n) is 12.8. The summed E-state index contributed by atoms with van der Waals surface area (Å²) in [5, 5.41) is 0. The summed E-state index contributed by atoms with van der Waals surface area (Å²) in [6.07, 6.45) is 0.634. The molecule has 0 saturated heterocycles. The van der Waals surface area contributed by atoms with E-state index < -0.39 is 5.91 Å². The van der Waals surface area contributed by atoms with Gasteiger partial charge in [0.1, 0.15) is 5.92 Å². The summed E-state index contributed by atoms with van der Waals surface area (Å²) in [6, 6.07) is 5.59. The Kier molecular flexibility index (Phi) is 6.02. The second kappa shape index (κ2) is 7.52. The highest BCUT2D eigenvalue weighted by Gasteiger charge is 2.23. The van der Waals surface area contributed by atoms with Crippen LogP contribution >= 0.6 is 0 Å². The lowest BCUT2D eigenvalue weighted by atomic mass is 10.1. The Bertz CT molecular complexity index is 516. The second-order valence-electron chi connectivity index (χ2n) is 4.66. The van der Waals surface area contributed by atoms with E-state index in [2.05, 4.69) is 0 Å². The van der Waals surface area contributed by atoms with Crippen LogP contribution in [0.5, 0.6) is 11.5 Å². The average Bonchev–Trinajstić information content (AvgIpc) is 2.50. The summed E-state index contributed by atoms with van der Waals surface area (Å²) in [7, 11) is 4.78. The lowest BCUT2D eigenvalue weighted by Gasteiger charge is -2.19. The zero-order valence-corrected chi connectivity index (χ0v) is 12.8. The Morgan fingerprint density at radius 1 is 1.19 bits per heavy atom. The minimum atomic E-state index is -0.696.